The summed E-state index contributed by atoms with van der Waals surface area (Å²) in [5.74, 6) is -0.209. The number of hydrogen-bond donors (Lipinski definition) is 1. The number of aromatic nitrogens is 2. The Morgan fingerprint density at radius 3 is 2.58 bits per heavy atom. The molecule has 2 fully saturated rings. The second kappa shape index (κ2) is 7.70. The second-order valence-corrected chi connectivity index (χ2v) is 7.57. The normalized spacial score (nSPS) is 24.2. The molecule has 2 aliphatic heterocycles. The molecule has 3 heterocycles. The number of aryl methyl sites for hydroxylation is 1. The van der Waals surface area contributed by atoms with Crippen LogP contribution in [0.5, 0.6) is 0 Å². The van der Waals surface area contributed by atoms with E-state index in [-0.39, 0.29) is 23.8 Å². The zero-order valence-corrected chi connectivity index (χ0v) is 15.6. The molecule has 1 N–H and O–H groups in total. The van der Waals surface area contributed by atoms with Crippen molar-refractivity contribution in [1.82, 2.24) is 14.9 Å². The van der Waals surface area contributed by atoms with Gasteiger partial charge in [0.2, 0.25) is 0 Å². The molecule has 2 aliphatic rings. The van der Waals surface area contributed by atoms with E-state index in [4.69, 9.17) is 4.74 Å². The first-order valence-corrected chi connectivity index (χ1v) is 9.35. The van der Waals surface area contributed by atoms with Gasteiger partial charge in [-0.2, -0.15) is 0 Å². The van der Waals surface area contributed by atoms with E-state index in [2.05, 4.69) is 9.97 Å². The Bertz CT molecular complexity index is 683. The van der Waals surface area contributed by atoms with Gasteiger partial charge in [0, 0.05) is 25.9 Å². The predicted molar refractivity (Wildman–Crippen MR) is 95.0 cm³/mol. The molecule has 3 rings (SSSR count). The van der Waals surface area contributed by atoms with Gasteiger partial charge in [0.1, 0.15) is 5.82 Å². The van der Waals surface area contributed by atoms with Gasteiger partial charge in [-0.3, -0.25) is 9.59 Å². The van der Waals surface area contributed by atoms with E-state index in [9.17, 15) is 14.7 Å². The van der Waals surface area contributed by atoms with Gasteiger partial charge in [-0.25, -0.2) is 9.97 Å². The Morgan fingerprint density at radius 1 is 1.27 bits per heavy atom. The Kier molecular flexibility index (Phi) is 5.55. The van der Waals surface area contributed by atoms with Crippen LogP contribution in [0.4, 0.5) is 0 Å². The SMILES string of the molecule is Cc1ncc(C(=O)N2CCC([C@@H]3OCCC3C(=O)O)CC2)c(C(C)C)n1. The first kappa shape index (κ1) is 18.8. The molecule has 1 unspecified atom stereocenters. The highest BCUT2D eigenvalue weighted by molar-refractivity contribution is 5.95. The van der Waals surface area contributed by atoms with Crippen LogP contribution in [0, 0.1) is 18.8 Å². The summed E-state index contributed by atoms with van der Waals surface area (Å²) < 4.78 is 5.71. The van der Waals surface area contributed by atoms with Crippen LogP contribution in [0.3, 0.4) is 0 Å². The van der Waals surface area contributed by atoms with E-state index in [0.29, 0.717) is 37.5 Å². The van der Waals surface area contributed by atoms with Crippen LogP contribution in [0.15, 0.2) is 6.20 Å². The van der Waals surface area contributed by atoms with Crippen molar-refractivity contribution in [3.05, 3.63) is 23.3 Å². The molecule has 0 aliphatic carbocycles. The molecular weight excluding hydrogens is 334 g/mol. The maximum Gasteiger partial charge on any atom is 0.309 e. The minimum atomic E-state index is -0.774. The van der Waals surface area contributed by atoms with Crippen molar-refractivity contribution < 1.29 is 19.4 Å². The summed E-state index contributed by atoms with van der Waals surface area (Å²) in [5, 5.41) is 9.35. The van der Waals surface area contributed by atoms with Crippen molar-refractivity contribution in [1.29, 1.82) is 0 Å². The van der Waals surface area contributed by atoms with Crippen LogP contribution in [0.2, 0.25) is 0 Å². The third kappa shape index (κ3) is 3.72. The van der Waals surface area contributed by atoms with Crippen molar-refractivity contribution >= 4 is 11.9 Å². The summed E-state index contributed by atoms with van der Waals surface area (Å²) in [7, 11) is 0. The molecule has 0 radical (unpaired) electrons. The second-order valence-electron chi connectivity index (χ2n) is 7.57. The molecule has 2 atom stereocenters. The Labute approximate surface area is 153 Å². The number of rotatable bonds is 4. The number of carbonyl (C=O) groups excluding carboxylic acids is 1. The highest BCUT2D eigenvalue weighted by atomic mass is 16.5. The molecular formula is C19H27N3O4. The largest absolute Gasteiger partial charge is 0.481 e. The summed E-state index contributed by atoms with van der Waals surface area (Å²) in [6.45, 7) is 7.61. The van der Waals surface area contributed by atoms with E-state index in [1.54, 1.807) is 6.20 Å². The first-order chi connectivity index (χ1) is 12.4. The molecule has 26 heavy (non-hydrogen) atoms. The van der Waals surface area contributed by atoms with Gasteiger partial charge in [-0.15, -0.1) is 0 Å². The number of carbonyl (C=O) groups is 2. The predicted octanol–water partition coefficient (Wildman–Crippen LogP) is 2.25. The van der Waals surface area contributed by atoms with Crippen molar-refractivity contribution in [2.24, 2.45) is 11.8 Å². The van der Waals surface area contributed by atoms with Gasteiger partial charge in [0.25, 0.3) is 5.91 Å². The Hall–Kier alpha value is -2.02. The fourth-order valence-electron chi connectivity index (χ4n) is 4.03. The molecule has 7 heteroatoms. The minimum absolute atomic E-state index is 0.0331. The number of hydrogen-bond acceptors (Lipinski definition) is 5. The molecule has 2 saturated heterocycles. The highest BCUT2D eigenvalue weighted by Crippen LogP contribution is 2.33. The van der Waals surface area contributed by atoms with E-state index in [1.165, 1.54) is 0 Å². The molecule has 1 aromatic heterocycles. The minimum Gasteiger partial charge on any atom is -0.481 e. The van der Waals surface area contributed by atoms with Crippen LogP contribution in [0.25, 0.3) is 0 Å². The number of carboxylic acids is 1. The average molecular weight is 361 g/mol. The van der Waals surface area contributed by atoms with Crippen LogP contribution in [0.1, 0.15) is 60.9 Å². The number of piperidine rings is 1. The van der Waals surface area contributed by atoms with Crippen LogP contribution >= 0.6 is 0 Å². The third-order valence-corrected chi connectivity index (χ3v) is 5.46. The monoisotopic (exact) mass is 361 g/mol. The fourth-order valence-corrected chi connectivity index (χ4v) is 4.03. The Balaban J connectivity index is 1.67. The number of ether oxygens (including phenoxy) is 1. The van der Waals surface area contributed by atoms with E-state index in [1.807, 2.05) is 25.7 Å². The van der Waals surface area contributed by atoms with Gasteiger partial charge in [0.15, 0.2) is 0 Å². The molecule has 1 amide bonds. The zero-order valence-electron chi connectivity index (χ0n) is 15.6. The topological polar surface area (TPSA) is 92.6 Å². The maximum atomic E-state index is 13.0. The lowest BCUT2D eigenvalue weighted by molar-refractivity contribution is -0.145. The lowest BCUT2D eigenvalue weighted by Gasteiger charge is -2.35. The lowest BCUT2D eigenvalue weighted by atomic mass is 9.84. The third-order valence-electron chi connectivity index (χ3n) is 5.46. The van der Waals surface area contributed by atoms with Gasteiger partial charge in [-0.1, -0.05) is 13.8 Å². The van der Waals surface area contributed by atoms with Gasteiger partial charge in [-0.05, 0) is 38.0 Å². The molecule has 1 aromatic rings. The maximum absolute atomic E-state index is 13.0. The molecule has 0 aromatic carbocycles. The summed E-state index contributed by atoms with van der Waals surface area (Å²) in [4.78, 5) is 34.8. The average Bonchev–Trinajstić information content (AvgIpc) is 3.11. The summed E-state index contributed by atoms with van der Waals surface area (Å²) in [6, 6.07) is 0. The molecule has 7 nitrogen and oxygen atoms in total. The van der Waals surface area contributed by atoms with E-state index >= 15 is 0 Å². The van der Waals surface area contributed by atoms with Gasteiger partial charge >= 0.3 is 5.97 Å². The summed E-state index contributed by atoms with van der Waals surface area (Å²) >= 11 is 0. The van der Waals surface area contributed by atoms with Crippen molar-refractivity contribution in [3.8, 4) is 0 Å². The number of carboxylic acid groups (broad SMARTS) is 1. The summed E-state index contributed by atoms with van der Waals surface area (Å²) in [5.41, 5.74) is 1.36. The summed E-state index contributed by atoms with van der Waals surface area (Å²) in [6.07, 6.45) is 3.52. The first-order valence-electron chi connectivity index (χ1n) is 9.35. The standard InChI is InChI=1S/C19H27N3O4/c1-11(2)16-15(10-20-12(3)21-16)18(23)22-7-4-13(5-8-22)17-14(19(24)25)6-9-26-17/h10-11,13-14,17H,4-9H2,1-3H3,(H,24,25)/t14?,17-/m0/s1. The van der Waals surface area contributed by atoms with Gasteiger partial charge < -0.3 is 14.7 Å². The molecule has 142 valence electrons. The smallest absolute Gasteiger partial charge is 0.309 e. The van der Waals surface area contributed by atoms with Crippen molar-refractivity contribution in [2.45, 2.75) is 52.1 Å². The lowest BCUT2D eigenvalue weighted by Crippen LogP contribution is -2.43. The fraction of sp³-hybridized carbons (Fsp3) is 0.684. The van der Waals surface area contributed by atoms with E-state index in [0.717, 1.165) is 18.5 Å². The molecule has 0 spiro atoms. The zero-order chi connectivity index (χ0) is 18.8. The number of amides is 1. The van der Waals surface area contributed by atoms with Crippen LogP contribution in [-0.4, -0.2) is 57.7 Å². The van der Waals surface area contributed by atoms with Crippen molar-refractivity contribution in [2.75, 3.05) is 19.7 Å². The van der Waals surface area contributed by atoms with Gasteiger partial charge in [0.05, 0.1) is 23.3 Å². The van der Waals surface area contributed by atoms with Crippen LogP contribution < -0.4 is 0 Å². The van der Waals surface area contributed by atoms with E-state index < -0.39 is 11.9 Å². The highest BCUT2D eigenvalue weighted by Gasteiger charge is 2.41. The number of nitrogens with zero attached hydrogens (tertiary/aromatic N) is 3. The Morgan fingerprint density at radius 2 is 1.96 bits per heavy atom. The molecule has 0 bridgehead atoms. The quantitative estimate of drug-likeness (QED) is 0.884. The number of aliphatic carboxylic acids is 1. The number of likely N-dealkylation sites (tertiary alicyclic amines) is 1. The van der Waals surface area contributed by atoms with Crippen molar-refractivity contribution in [3.63, 3.8) is 0 Å². The van der Waals surface area contributed by atoms with Crippen LogP contribution in [-0.2, 0) is 9.53 Å². The molecule has 0 saturated carbocycles.